The molecule has 3 heterocycles. The standard InChI is InChI=1S/C30H38N4.2C2HF3O2.H2O/c1-31-19-9-3-10-20-32(2)28-18-24-34(30-16-8-6-14-26(28)30)22-12-4-11-21-33-23-17-27(31)25-13-5-7-15-29(25)33;2*3-2(4,5)1(6)7;/h5-8,13-18,23-24H,3-4,9-12,19-22H2,1-2H3;2*(H,6,7);1H2/q+2;;;/p-2. The molecule has 0 radical (unpaired) electrons. The molecule has 0 saturated carbocycles. The van der Waals surface area contributed by atoms with Crippen LogP contribution in [0.4, 0.5) is 37.7 Å². The normalized spacial score (nSPS) is 14.6. The maximum atomic E-state index is 10.5. The fourth-order valence-electron chi connectivity index (χ4n) is 5.46. The summed E-state index contributed by atoms with van der Waals surface area (Å²) in [5.41, 5.74) is 5.39. The molecule has 0 spiro atoms. The summed E-state index contributed by atoms with van der Waals surface area (Å²) in [7, 11) is 4.49. The van der Waals surface area contributed by atoms with Gasteiger partial charge in [-0.2, -0.15) is 35.5 Å². The number of anilines is 2. The van der Waals surface area contributed by atoms with E-state index in [4.69, 9.17) is 19.8 Å². The van der Waals surface area contributed by atoms with Crippen molar-refractivity contribution in [3.63, 3.8) is 0 Å². The molecule has 5 rings (SSSR count). The lowest BCUT2D eigenvalue weighted by molar-refractivity contribution is -0.675. The number of benzene rings is 2. The van der Waals surface area contributed by atoms with Gasteiger partial charge in [-0.15, -0.1) is 0 Å². The lowest BCUT2D eigenvalue weighted by Gasteiger charge is -2.22. The molecular formula is C34H40F6N4O5. The highest BCUT2D eigenvalue weighted by Gasteiger charge is 2.29. The van der Waals surface area contributed by atoms with Crippen molar-refractivity contribution in [2.45, 2.75) is 64.0 Å². The zero-order valence-corrected chi connectivity index (χ0v) is 27.2. The number of aromatic nitrogens is 2. The monoisotopic (exact) mass is 698 g/mol. The Balaban J connectivity index is 0.000000470. The summed E-state index contributed by atoms with van der Waals surface area (Å²) in [4.78, 5) is 22.5. The van der Waals surface area contributed by atoms with Gasteiger partial charge < -0.3 is 35.1 Å². The Labute approximate surface area is 279 Å². The number of halogens is 6. The smallest absolute Gasteiger partial charge is 0.430 e. The summed E-state index contributed by atoms with van der Waals surface area (Å²) in [6, 6.07) is 22.4. The fourth-order valence-corrected chi connectivity index (χ4v) is 5.46. The van der Waals surface area contributed by atoms with Gasteiger partial charge in [-0.1, -0.05) is 24.3 Å². The number of aliphatic carboxylic acids is 2. The lowest BCUT2D eigenvalue weighted by atomic mass is 10.1. The Morgan fingerprint density at radius 1 is 0.592 bits per heavy atom. The number of pyridine rings is 2. The van der Waals surface area contributed by atoms with Crippen molar-refractivity contribution >= 4 is 45.1 Å². The van der Waals surface area contributed by atoms with E-state index in [2.05, 4.69) is 106 Å². The summed E-state index contributed by atoms with van der Waals surface area (Å²) in [6.07, 6.45) is 1.49. The number of hydrogen-bond acceptors (Lipinski definition) is 6. The molecule has 0 saturated heterocycles. The Kier molecular flexibility index (Phi) is 15.0. The molecule has 2 aromatic carbocycles. The second-order valence-electron chi connectivity index (χ2n) is 11.4. The molecule has 0 aliphatic carbocycles. The topological polar surface area (TPSA) is 126 Å². The molecule has 4 aromatic rings. The van der Waals surface area contributed by atoms with E-state index in [-0.39, 0.29) is 5.48 Å². The predicted octanol–water partition coefficient (Wildman–Crippen LogP) is 3.27. The molecular weight excluding hydrogens is 658 g/mol. The predicted molar refractivity (Wildman–Crippen MR) is 168 cm³/mol. The van der Waals surface area contributed by atoms with Crippen LogP contribution in [-0.2, 0) is 22.7 Å². The van der Waals surface area contributed by atoms with E-state index in [1.807, 2.05) is 0 Å². The molecule has 0 unspecified atom stereocenters. The first-order valence-corrected chi connectivity index (χ1v) is 15.4. The van der Waals surface area contributed by atoms with Crippen LogP contribution in [0.15, 0.2) is 73.1 Å². The molecule has 268 valence electrons. The van der Waals surface area contributed by atoms with E-state index in [1.54, 1.807) is 0 Å². The second-order valence-corrected chi connectivity index (χ2v) is 11.4. The molecule has 0 atom stereocenters. The zero-order valence-electron chi connectivity index (χ0n) is 27.2. The first-order chi connectivity index (χ1) is 22.6. The van der Waals surface area contributed by atoms with Crippen molar-refractivity contribution in [2.24, 2.45) is 0 Å². The molecule has 1 aliphatic rings. The van der Waals surface area contributed by atoms with Crippen LogP contribution in [0.3, 0.4) is 0 Å². The van der Waals surface area contributed by atoms with Gasteiger partial charge in [0.05, 0.1) is 22.1 Å². The zero-order chi connectivity index (χ0) is 35.5. The van der Waals surface area contributed by atoms with Crippen molar-refractivity contribution in [1.29, 1.82) is 0 Å². The van der Waals surface area contributed by atoms with Gasteiger partial charge in [0, 0.05) is 64.3 Å². The average Bonchev–Trinajstić information content (AvgIpc) is 3.03. The SMILES string of the molecule is CN1CCCCCN(C)c2cc[n+](c3ccccc23)CCCCC[n+]2ccc1c1ccccc12.O.O=C([O-])C(F)(F)F.O=C([O-])C(F)(F)F. The highest BCUT2D eigenvalue weighted by atomic mass is 19.4. The first kappa shape index (κ1) is 40.5. The number of hydrogen-bond donors (Lipinski definition) is 0. The van der Waals surface area contributed by atoms with Crippen molar-refractivity contribution in [3.8, 4) is 0 Å². The minimum atomic E-state index is -5.19. The van der Waals surface area contributed by atoms with E-state index >= 15 is 0 Å². The summed E-state index contributed by atoms with van der Waals surface area (Å²) in [5.74, 6) is -6.01. The van der Waals surface area contributed by atoms with E-state index in [0.717, 1.165) is 26.2 Å². The average molecular weight is 699 g/mol. The molecule has 0 fully saturated rings. The van der Waals surface area contributed by atoms with Crippen LogP contribution in [0.2, 0.25) is 0 Å². The second kappa shape index (κ2) is 18.2. The minimum Gasteiger partial charge on any atom is -0.542 e. The van der Waals surface area contributed by atoms with Gasteiger partial charge in [0.15, 0.2) is 12.4 Å². The molecule has 4 bridgehead atoms. The van der Waals surface area contributed by atoms with Crippen LogP contribution >= 0.6 is 0 Å². The number of carboxylic acids is 2. The third kappa shape index (κ3) is 11.8. The van der Waals surface area contributed by atoms with Gasteiger partial charge in [0.2, 0.25) is 11.0 Å². The molecule has 1 aliphatic heterocycles. The Bertz CT molecular complexity index is 1560. The third-order valence-electron chi connectivity index (χ3n) is 7.87. The van der Waals surface area contributed by atoms with E-state index in [9.17, 15) is 26.3 Å². The van der Waals surface area contributed by atoms with Crippen LogP contribution in [0.1, 0.15) is 38.5 Å². The Hall–Kier alpha value is -4.66. The molecule has 2 aromatic heterocycles. The van der Waals surface area contributed by atoms with Crippen molar-refractivity contribution < 1.29 is 60.8 Å². The van der Waals surface area contributed by atoms with Crippen LogP contribution in [0.25, 0.3) is 21.8 Å². The van der Waals surface area contributed by atoms with E-state index < -0.39 is 24.3 Å². The molecule has 49 heavy (non-hydrogen) atoms. The van der Waals surface area contributed by atoms with Gasteiger partial charge in [-0.25, -0.2) is 0 Å². The Morgan fingerprint density at radius 3 is 1.27 bits per heavy atom. The molecule has 0 amide bonds. The number of nitrogens with zero attached hydrogens (tertiary/aromatic N) is 4. The molecule has 15 heteroatoms. The van der Waals surface area contributed by atoms with Gasteiger partial charge in [-0.3, -0.25) is 0 Å². The number of carbonyl (C=O) groups is 2. The molecule has 2 N–H and O–H groups in total. The quantitative estimate of drug-likeness (QED) is 0.205. The number of aryl methyl sites for hydroxylation is 2. The number of rotatable bonds is 0. The van der Waals surface area contributed by atoms with Gasteiger partial charge in [0.1, 0.15) is 25.0 Å². The fraction of sp³-hybridized carbons (Fsp3) is 0.412. The maximum Gasteiger partial charge on any atom is 0.430 e. The van der Waals surface area contributed by atoms with Crippen molar-refractivity contribution in [2.75, 3.05) is 37.0 Å². The van der Waals surface area contributed by atoms with E-state index in [0.29, 0.717) is 0 Å². The highest BCUT2D eigenvalue weighted by molar-refractivity contribution is 5.90. The first-order valence-electron chi connectivity index (χ1n) is 15.4. The number of carbonyl (C=O) groups excluding carboxylic acids is 2. The van der Waals surface area contributed by atoms with Crippen LogP contribution in [-0.4, -0.2) is 57.0 Å². The van der Waals surface area contributed by atoms with Gasteiger partial charge in [0.25, 0.3) is 0 Å². The number of alkyl halides is 6. The van der Waals surface area contributed by atoms with E-state index in [1.165, 1.54) is 71.7 Å². The summed E-state index contributed by atoms with van der Waals surface area (Å²) in [6.45, 7) is 4.32. The maximum absolute atomic E-state index is 10.5. The van der Waals surface area contributed by atoms with Gasteiger partial charge in [-0.05, 0) is 37.8 Å². The lowest BCUT2D eigenvalue weighted by Crippen LogP contribution is -2.37. The largest absolute Gasteiger partial charge is 0.542 e. The minimum absolute atomic E-state index is 0. The molecule has 9 nitrogen and oxygen atoms in total. The number of carboxylic acid groups (broad SMARTS) is 2. The van der Waals surface area contributed by atoms with Gasteiger partial charge >= 0.3 is 12.4 Å². The van der Waals surface area contributed by atoms with Crippen molar-refractivity contribution in [3.05, 3.63) is 73.1 Å². The third-order valence-corrected chi connectivity index (χ3v) is 7.87. The van der Waals surface area contributed by atoms with Crippen molar-refractivity contribution in [1.82, 2.24) is 0 Å². The number of para-hydroxylation sites is 2. The number of fused-ring (bicyclic) bond motifs is 12. The summed E-state index contributed by atoms with van der Waals surface area (Å²) < 4.78 is 68.0. The summed E-state index contributed by atoms with van der Waals surface area (Å²) in [5, 5.41) is 20.3. The van der Waals surface area contributed by atoms with Crippen LogP contribution < -0.4 is 29.1 Å². The Morgan fingerprint density at radius 2 is 0.918 bits per heavy atom. The van der Waals surface area contributed by atoms with Crippen LogP contribution in [0, 0.1) is 0 Å². The van der Waals surface area contributed by atoms with Crippen LogP contribution in [0.5, 0.6) is 0 Å². The summed E-state index contributed by atoms with van der Waals surface area (Å²) >= 11 is 0. The highest BCUT2D eigenvalue weighted by Crippen LogP contribution is 2.26.